The first-order valence-corrected chi connectivity index (χ1v) is 10.8. The number of aliphatic carboxylic acids is 1. The fraction of sp³-hybridized carbons (Fsp3) is 0.292. The number of nitrogens with zero attached hydrogens (tertiary/aromatic N) is 2. The first kappa shape index (κ1) is 23.1. The SMILES string of the molecule is O=C(O)CCOCCN(c1ccccc1)c1cccc2c1C(=O)N(C1CCC(=O)NC1=O)C2=O. The number of carbonyl (C=O) groups excluding carboxylic acids is 4. The number of nitrogens with one attached hydrogen (secondary N) is 1. The summed E-state index contributed by atoms with van der Waals surface area (Å²) in [6.45, 7) is 0.524. The van der Waals surface area contributed by atoms with E-state index >= 15 is 0 Å². The zero-order valence-corrected chi connectivity index (χ0v) is 18.2. The maximum Gasteiger partial charge on any atom is 0.305 e. The lowest BCUT2D eigenvalue weighted by Crippen LogP contribution is -2.54. The van der Waals surface area contributed by atoms with Crippen molar-refractivity contribution >= 4 is 41.0 Å². The molecule has 0 spiro atoms. The first-order chi connectivity index (χ1) is 16.4. The minimum atomic E-state index is -1.05. The van der Waals surface area contributed by atoms with Crippen LogP contribution in [0.3, 0.4) is 0 Å². The number of imide groups is 2. The third-order valence-electron chi connectivity index (χ3n) is 5.72. The third-order valence-corrected chi connectivity index (χ3v) is 5.72. The standard InChI is InChI=1S/C24H23N3O7/c28-19-10-9-18(22(31)25-19)27-23(32)16-7-4-8-17(21(16)24(27)33)26(15-5-2-1-3-6-15)12-14-34-13-11-20(29)30/h1-8,18H,9-14H2,(H,29,30)(H,25,28,31). The largest absolute Gasteiger partial charge is 0.481 e. The van der Waals surface area contributed by atoms with Gasteiger partial charge in [0.15, 0.2) is 0 Å². The van der Waals surface area contributed by atoms with Gasteiger partial charge in [-0.3, -0.25) is 34.2 Å². The first-order valence-electron chi connectivity index (χ1n) is 10.8. The lowest BCUT2D eigenvalue weighted by atomic mass is 10.0. The molecule has 10 nitrogen and oxygen atoms in total. The van der Waals surface area contributed by atoms with Gasteiger partial charge in [0, 0.05) is 18.7 Å². The van der Waals surface area contributed by atoms with Crippen LogP contribution in [0.15, 0.2) is 48.5 Å². The Balaban J connectivity index is 1.65. The van der Waals surface area contributed by atoms with Crippen molar-refractivity contribution in [2.75, 3.05) is 24.7 Å². The van der Waals surface area contributed by atoms with E-state index in [0.29, 0.717) is 12.2 Å². The summed E-state index contributed by atoms with van der Waals surface area (Å²) < 4.78 is 5.46. The molecule has 2 heterocycles. The number of carboxylic acids is 1. The minimum Gasteiger partial charge on any atom is -0.481 e. The molecule has 2 N–H and O–H groups in total. The van der Waals surface area contributed by atoms with E-state index in [2.05, 4.69) is 5.32 Å². The normalized spacial score (nSPS) is 17.5. The highest BCUT2D eigenvalue weighted by atomic mass is 16.5. The Labute approximate surface area is 195 Å². The molecule has 0 aliphatic carbocycles. The lowest BCUT2D eigenvalue weighted by Gasteiger charge is -2.29. The van der Waals surface area contributed by atoms with Gasteiger partial charge >= 0.3 is 5.97 Å². The van der Waals surface area contributed by atoms with Crippen LogP contribution in [-0.4, -0.2) is 65.4 Å². The number of fused-ring (bicyclic) bond motifs is 1. The van der Waals surface area contributed by atoms with E-state index in [0.717, 1.165) is 10.6 Å². The number of anilines is 2. The van der Waals surface area contributed by atoms with E-state index in [9.17, 15) is 24.0 Å². The summed E-state index contributed by atoms with van der Waals surface area (Å²) in [6, 6.07) is 13.1. The quantitative estimate of drug-likeness (QED) is 0.422. The summed E-state index contributed by atoms with van der Waals surface area (Å²) in [6.07, 6.45) is -0.00818. The molecule has 0 bridgehead atoms. The molecule has 2 aliphatic heterocycles. The van der Waals surface area contributed by atoms with Gasteiger partial charge in [0.2, 0.25) is 11.8 Å². The van der Waals surface area contributed by atoms with Crippen LogP contribution in [0.1, 0.15) is 40.0 Å². The number of amides is 4. The van der Waals surface area contributed by atoms with Gasteiger partial charge in [-0.1, -0.05) is 24.3 Å². The molecule has 0 radical (unpaired) electrons. The summed E-state index contributed by atoms with van der Waals surface area (Å²) in [7, 11) is 0. The van der Waals surface area contributed by atoms with Crippen LogP contribution in [0.5, 0.6) is 0 Å². The molecule has 4 rings (SSSR count). The molecule has 176 valence electrons. The van der Waals surface area contributed by atoms with Crippen LogP contribution < -0.4 is 10.2 Å². The topological polar surface area (TPSA) is 133 Å². The summed E-state index contributed by atoms with van der Waals surface area (Å²) in [4.78, 5) is 64.0. The Hall–Kier alpha value is -4.05. The van der Waals surface area contributed by atoms with E-state index in [-0.39, 0.29) is 43.6 Å². The predicted octanol–water partition coefficient (Wildman–Crippen LogP) is 1.72. The van der Waals surface area contributed by atoms with Crippen molar-refractivity contribution in [1.29, 1.82) is 0 Å². The van der Waals surface area contributed by atoms with Crippen molar-refractivity contribution in [3.63, 3.8) is 0 Å². The Morgan fingerprint density at radius 3 is 2.50 bits per heavy atom. The highest BCUT2D eigenvalue weighted by Gasteiger charge is 2.46. The Morgan fingerprint density at radius 2 is 1.79 bits per heavy atom. The van der Waals surface area contributed by atoms with Gasteiger partial charge in [0.25, 0.3) is 11.8 Å². The van der Waals surface area contributed by atoms with E-state index in [1.807, 2.05) is 35.2 Å². The van der Waals surface area contributed by atoms with E-state index in [1.54, 1.807) is 12.1 Å². The monoisotopic (exact) mass is 465 g/mol. The van der Waals surface area contributed by atoms with Crippen LogP contribution in [0, 0.1) is 0 Å². The van der Waals surface area contributed by atoms with Crippen molar-refractivity contribution in [2.45, 2.75) is 25.3 Å². The maximum atomic E-state index is 13.5. The smallest absolute Gasteiger partial charge is 0.305 e. The van der Waals surface area contributed by atoms with E-state index < -0.39 is 35.6 Å². The molecule has 0 aromatic heterocycles. The molecular weight excluding hydrogens is 442 g/mol. The highest BCUT2D eigenvalue weighted by Crippen LogP contribution is 2.37. The number of para-hydroxylation sites is 1. The van der Waals surface area contributed by atoms with Crippen molar-refractivity contribution in [3.05, 3.63) is 59.7 Å². The van der Waals surface area contributed by atoms with Crippen LogP contribution in [0.4, 0.5) is 11.4 Å². The van der Waals surface area contributed by atoms with Crippen LogP contribution >= 0.6 is 0 Å². The van der Waals surface area contributed by atoms with Gasteiger partial charge < -0.3 is 14.7 Å². The number of hydrogen-bond donors (Lipinski definition) is 2. The van der Waals surface area contributed by atoms with Crippen molar-refractivity contribution in [1.82, 2.24) is 10.2 Å². The predicted molar refractivity (Wildman–Crippen MR) is 120 cm³/mol. The van der Waals surface area contributed by atoms with Crippen molar-refractivity contribution in [2.24, 2.45) is 0 Å². The number of carboxylic acid groups (broad SMARTS) is 1. The second kappa shape index (κ2) is 9.84. The van der Waals surface area contributed by atoms with Gasteiger partial charge in [-0.05, 0) is 30.7 Å². The van der Waals surface area contributed by atoms with Gasteiger partial charge in [-0.25, -0.2) is 0 Å². The van der Waals surface area contributed by atoms with Gasteiger partial charge in [-0.15, -0.1) is 0 Å². The number of carbonyl (C=O) groups is 5. The van der Waals surface area contributed by atoms with Crippen LogP contribution in [-0.2, 0) is 19.1 Å². The molecule has 2 aliphatic rings. The second-order valence-corrected chi connectivity index (χ2v) is 7.89. The summed E-state index contributed by atoms with van der Waals surface area (Å²) in [5, 5.41) is 11.0. The number of benzene rings is 2. The molecule has 0 saturated carbocycles. The molecule has 4 amide bonds. The fourth-order valence-corrected chi connectivity index (χ4v) is 4.14. The lowest BCUT2D eigenvalue weighted by molar-refractivity contribution is -0.138. The zero-order valence-electron chi connectivity index (χ0n) is 18.2. The Kier molecular flexibility index (Phi) is 6.69. The average molecular weight is 465 g/mol. The second-order valence-electron chi connectivity index (χ2n) is 7.89. The van der Waals surface area contributed by atoms with Crippen molar-refractivity contribution < 1.29 is 33.8 Å². The maximum absolute atomic E-state index is 13.5. The van der Waals surface area contributed by atoms with Gasteiger partial charge in [0.05, 0.1) is 36.4 Å². The summed E-state index contributed by atoms with van der Waals surface area (Å²) in [5.41, 5.74) is 1.57. The molecule has 1 fully saturated rings. The highest BCUT2D eigenvalue weighted by molar-refractivity contribution is 6.25. The zero-order chi connectivity index (χ0) is 24.2. The molecule has 2 aromatic rings. The molecule has 10 heteroatoms. The minimum absolute atomic E-state index is 0.0422. The number of piperidine rings is 1. The molecule has 1 atom stereocenters. The molecule has 34 heavy (non-hydrogen) atoms. The number of ether oxygens (including phenoxy) is 1. The van der Waals surface area contributed by atoms with Crippen molar-refractivity contribution in [3.8, 4) is 0 Å². The van der Waals surface area contributed by atoms with E-state index in [1.165, 1.54) is 6.07 Å². The molecular formula is C24H23N3O7. The summed E-state index contributed by atoms with van der Waals surface area (Å²) >= 11 is 0. The Morgan fingerprint density at radius 1 is 1.03 bits per heavy atom. The number of hydrogen-bond acceptors (Lipinski definition) is 7. The van der Waals surface area contributed by atoms with E-state index in [4.69, 9.17) is 9.84 Å². The summed E-state index contributed by atoms with van der Waals surface area (Å²) in [5.74, 6) is -3.24. The fourth-order valence-electron chi connectivity index (χ4n) is 4.14. The third kappa shape index (κ3) is 4.53. The number of rotatable bonds is 9. The molecule has 2 aromatic carbocycles. The molecule has 1 saturated heterocycles. The van der Waals surface area contributed by atoms with Gasteiger partial charge in [-0.2, -0.15) is 0 Å². The van der Waals surface area contributed by atoms with Crippen LogP contribution in [0.2, 0.25) is 0 Å². The van der Waals surface area contributed by atoms with Crippen LogP contribution in [0.25, 0.3) is 0 Å². The van der Waals surface area contributed by atoms with Gasteiger partial charge in [0.1, 0.15) is 6.04 Å². The molecule has 1 unspecified atom stereocenters. The average Bonchev–Trinajstić information content (AvgIpc) is 3.07. The Bertz CT molecular complexity index is 1150.